The molecule has 1 heterocycles. The van der Waals surface area contributed by atoms with Gasteiger partial charge >= 0.3 is 0 Å². The predicted molar refractivity (Wildman–Crippen MR) is 57.6 cm³/mol. The second-order valence-electron chi connectivity index (χ2n) is 2.93. The maximum Gasteiger partial charge on any atom is 0.0427 e. The molecule has 13 heavy (non-hydrogen) atoms. The van der Waals surface area contributed by atoms with Crippen molar-refractivity contribution in [3.63, 3.8) is 0 Å². The van der Waals surface area contributed by atoms with Crippen LogP contribution in [-0.2, 0) is 0 Å². The lowest BCUT2D eigenvalue weighted by atomic mass is 10.2. The van der Waals surface area contributed by atoms with E-state index < -0.39 is 0 Å². The first kappa shape index (κ1) is 10.3. The minimum Gasteiger partial charge on any atom is -0.370 e. The van der Waals surface area contributed by atoms with Crippen LogP contribution in [-0.4, -0.2) is 24.0 Å². The third kappa shape index (κ3) is 2.59. The molecule has 0 amide bonds. The van der Waals surface area contributed by atoms with Crippen LogP contribution in [0.2, 0.25) is 0 Å². The Morgan fingerprint density at radius 2 is 2.31 bits per heavy atom. The highest BCUT2D eigenvalue weighted by Gasteiger charge is 2.05. The highest BCUT2D eigenvalue weighted by atomic mass is 35.5. The van der Waals surface area contributed by atoms with Gasteiger partial charge in [-0.05, 0) is 25.5 Å². The molecule has 0 radical (unpaired) electrons. The van der Waals surface area contributed by atoms with E-state index in [1.54, 1.807) is 0 Å². The van der Waals surface area contributed by atoms with Crippen molar-refractivity contribution in [3.8, 4) is 0 Å². The minimum atomic E-state index is 0.662. The number of halogens is 1. The van der Waals surface area contributed by atoms with Crippen molar-refractivity contribution in [2.75, 3.05) is 23.9 Å². The number of anilines is 1. The second-order valence-corrected chi connectivity index (χ2v) is 3.31. The number of aryl methyl sites for hydroxylation is 1. The summed E-state index contributed by atoms with van der Waals surface area (Å²) in [6.07, 6.45) is 3.70. The predicted octanol–water partition coefficient (Wildman–Crippen LogP) is 2.46. The number of hydrogen-bond acceptors (Lipinski definition) is 2. The molecular weight excluding hydrogens is 184 g/mol. The molecule has 0 aliphatic rings. The van der Waals surface area contributed by atoms with Gasteiger partial charge in [-0.15, -0.1) is 11.6 Å². The van der Waals surface area contributed by atoms with E-state index in [0.717, 1.165) is 13.1 Å². The van der Waals surface area contributed by atoms with Gasteiger partial charge in [0.1, 0.15) is 0 Å². The fourth-order valence-electron chi connectivity index (χ4n) is 1.37. The molecule has 0 atom stereocenters. The molecule has 2 nitrogen and oxygen atoms in total. The Balaban J connectivity index is 2.84. The van der Waals surface area contributed by atoms with Crippen LogP contribution < -0.4 is 4.90 Å². The summed E-state index contributed by atoms with van der Waals surface area (Å²) in [4.78, 5) is 6.32. The van der Waals surface area contributed by atoms with Crippen LogP contribution in [0.3, 0.4) is 0 Å². The fourth-order valence-corrected chi connectivity index (χ4v) is 1.58. The van der Waals surface area contributed by atoms with Gasteiger partial charge in [0.05, 0.1) is 0 Å². The highest BCUT2D eigenvalue weighted by molar-refractivity contribution is 6.18. The summed E-state index contributed by atoms with van der Waals surface area (Å²) in [5.41, 5.74) is 2.44. The second kappa shape index (κ2) is 5.07. The molecule has 1 aromatic rings. The van der Waals surface area contributed by atoms with Crippen molar-refractivity contribution in [1.82, 2.24) is 4.98 Å². The van der Waals surface area contributed by atoms with Crippen molar-refractivity contribution >= 4 is 17.3 Å². The summed E-state index contributed by atoms with van der Waals surface area (Å²) in [7, 11) is 0. The molecule has 0 aromatic carbocycles. The molecule has 0 spiro atoms. The largest absolute Gasteiger partial charge is 0.370 e. The summed E-state index contributed by atoms with van der Waals surface area (Å²) in [6.45, 7) is 6.08. The molecule has 0 fully saturated rings. The van der Waals surface area contributed by atoms with Gasteiger partial charge in [0.25, 0.3) is 0 Å². The summed E-state index contributed by atoms with van der Waals surface area (Å²) < 4.78 is 0. The van der Waals surface area contributed by atoms with Gasteiger partial charge in [-0.25, -0.2) is 0 Å². The van der Waals surface area contributed by atoms with E-state index in [1.807, 2.05) is 18.5 Å². The third-order valence-electron chi connectivity index (χ3n) is 2.07. The summed E-state index contributed by atoms with van der Waals surface area (Å²) in [5.74, 6) is 0.662. The SMILES string of the molecule is CCN(CCCl)c1ccncc1C. The lowest BCUT2D eigenvalue weighted by Gasteiger charge is -2.23. The van der Waals surface area contributed by atoms with Crippen LogP contribution in [0.1, 0.15) is 12.5 Å². The Morgan fingerprint density at radius 1 is 1.54 bits per heavy atom. The first-order valence-electron chi connectivity index (χ1n) is 4.51. The number of hydrogen-bond donors (Lipinski definition) is 0. The molecule has 0 saturated heterocycles. The zero-order chi connectivity index (χ0) is 9.68. The number of rotatable bonds is 4. The molecule has 0 unspecified atom stereocenters. The number of nitrogens with zero attached hydrogens (tertiary/aromatic N) is 2. The maximum atomic E-state index is 5.72. The van der Waals surface area contributed by atoms with Crippen molar-refractivity contribution in [2.24, 2.45) is 0 Å². The first-order valence-corrected chi connectivity index (χ1v) is 5.04. The molecular formula is C10H15ClN2. The van der Waals surface area contributed by atoms with E-state index >= 15 is 0 Å². The average molecular weight is 199 g/mol. The van der Waals surface area contributed by atoms with E-state index in [1.165, 1.54) is 11.3 Å². The van der Waals surface area contributed by atoms with E-state index in [4.69, 9.17) is 11.6 Å². The van der Waals surface area contributed by atoms with Gasteiger partial charge in [-0.3, -0.25) is 4.98 Å². The first-order chi connectivity index (χ1) is 6.29. The van der Waals surface area contributed by atoms with Gasteiger partial charge in [-0.2, -0.15) is 0 Å². The van der Waals surface area contributed by atoms with Crippen LogP contribution in [0.4, 0.5) is 5.69 Å². The van der Waals surface area contributed by atoms with Crippen molar-refractivity contribution in [2.45, 2.75) is 13.8 Å². The van der Waals surface area contributed by atoms with Crippen LogP contribution >= 0.6 is 11.6 Å². The van der Waals surface area contributed by atoms with Gasteiger partial charge < -0.3 is 4.90 Å². The van der Waals surface area contributed by atoms with E-state index in [2.05, 4.69) is 23.7 Å². The zero-order valence-electron chi connectivity index (χ0n) is 8.13. The van der Waals surface area contributed by atoms with Crippen LogP contribution in [0.25, 0.3) is 0 Å². The average Bonchev–Trinajstić information content (AvgIpc) is 2.16. The molecule has 0 aliphatic carbocycles. The Kier molecular flexibility index (Phi) is 4.03. The summed E-state index contributed by atoms with van der Waals surface area (Å²) in [6, 6.07) is 2.03. The van der Waals surface area contributed by atoms with Crippen LogP contribution in [0.5, 0.6) is 0 Å². The number of pyridine rings is 1. The summed E-state index contributed by atoms with van der Waals surface area (Å²) in [5, 5.41) is 0. The monoisotopic (exact) mass is 198 g/mol. The Morgan fingerprint density at radius 3 is 2.85 bits per heavy atom. The molecule has 0 N–H and O–H groups in total. The van der Waals surface area contributed by atoms with Gasteiger partial charge in [0, 0.05) is 37.1 Å². The van der Waals surface area contributed by atoms with Crippen molar-refractivity contribution < 1.29 is 0 Å². The molecule has 3 heteroatoms. The summed E-state index contributed by atoms with van der Waals surface area (Å²) >= 11 is 5.72. The van der Waals surface area contributed by atoms with Crippen LogP contribution in [0.15, 0.2) is 18.5 Å². The highest BCUT2D eigenvalue weighted by Crippen LogP contribution is 2.17. The van der Waals surface area contributed by atoms with Gasteiger partial charge in [0.15, 0.2) is 0 Å². The molecule has 0 aliphatic heterocycles. The molecule has 0 bridgehead atoms. The molecule has 72 valence electrons. The van der Waals surface area contributed by atoms with E-state index in [9.17, 15) is 0 Å². The minimum absolute atomic E-state index is 0.662. The van der Waals surface area contributed by atoms with E-state index in [-0.39, 0.29) is 0 Å². The van der Waals surface area contributed by atoms with Crippen molar-refractivity contribution in [1.29, 1.82) is 0 Å². The topological polar surface area (TPSA) is 16.1 Å². The number of aromatic nitrogens is 1. The fraction of sp³-hybridized carbons (Fsp3) is 0.500. The van der Waals surface area contributed by atoms with Crippen LogP contribution in [0, 0.1) is 6.92 Å². The Bertz CT molecular complexity index is 263. The quantitative estimate of drug-likeness (QED) is 0.691. The third-order valence-corrected chi connectivity index (χ3v) is 2.24. The lowest BCUT2D eigenvalue weighted by molar-refractivity contribution is 0.863. The van der Waals surface area contributed by atoms with E-state index in [0.29, 0.717) is 5.88 Å². The Hall–Kier alpha value is -0.760. The standard InChI is InChI=1S/C10H15ClN2/c1-3-13(7-5-11)10-4-6-12-8-9(10)2/h4,6,8H,3,5,7H2,1-2H3. The lowest BCUT2D eigenvalue weighted by Crippen LogP contribution is -2.25. The molecule has 1 aromatic heterocycles. The molecule has 0 saturated carbocycles. The zero-order valence-corrected chi connectivity index (χ0v) is 8.88. The molecule has 1 rings (SSSR count). The van der Waals surface area contributed by atoms with Crippen molar-refractivity contribution in [3.05, 3.63) is 24.0 Å². The normalized spacial score (nSPS) is 10.1. The maximum absolute atomic E-state index is 5.72. The number of alkyl halides is 1. The van der Waals surface area contributed by atoms with Gasteiger partial charge in [-0.1, -0.05) is 0 Å². The van der Waals surface area contributed by atoms with Gasteiger partial charge in [0.2, 0.25) is 0 Å². The Labute approximate surface area is 84.5 Å². The smallest absolute Gasteiger partial charge is 0.0427 e.